The van der Waals surface area contributed by atoms with Crippen LogP contribution in [0.3, 0.4) is 0 Å². The first-order valence-corrected chi connectivity index (χ1v) is 4.96. The van der Waals surface area contributed by atoms with Crippen molar-refractivity contribution in [2.45, 2.75) is 19.0 Å². The van der Waals surface area contributed by atoms with Crippen LogP contribution in [0.5, 0.6) is 5.75 Å². The van der Waals surface area contributed by atoms with Gasteiger partial charge in [0.15, 0.2) is 0 Å². The van der Waals surface area contributed by atoms with E-state index in [2.05, 4.69) is 5.32 Å². The molecule has 90 valence electrons. The van der Waals surface area contributed by atoms with Crippen LogP contribution in [-0.4, -0.2) is 19.8 Å². The second kappa shape index (κ2) is 5.63. The van der Waals surface area contributed by atoms with Crippen LogP contribution in [0.1, 0.15) is 12.8 Å². The number of hydrogen-bond donors (Lipinski definition) is 1. The number of nitrogens with one attached hydrogen (secondary N) is 1. The summed E-state index contributed by atoms with van der Waals surface area (Å²) in [7, 11) is 1.52. The summed E-state index contributed by atoms with van der Waals surface area (Å²) in [6.07, 6.45) is -4.79. The summed E-state index contributed by atoms with van der Waals surface area (Å²) in [5, 5.41) is 2.91. The third-order valence-corrected chi connectivity index (χ3v) is 2.06. The summed E-state index contributed by atoms with van der Waals surface area (Å²) in [6, 6.07) is 7.13. The van der Waals surface area contributed by atoms with Gasteiger partial charge in [0.25, 0.3) is 0 Å². The molecule has 0 saturated carbocycles. The smallest absolute Gasteiger partial charge is 0.389 e. The fourth-order valence-corrected chi connectivity index (χ4v) is 1.30. The molecule has 0 unspecified atom stereocenters. The number of alkyl halides is 3. The summed E-state index contributed by atoms with van der Waals surface area (Å²) < 4.78 is 40.7. The zero-order valence-corrected chi connectivity index (χ0v) is 8.97. The highest BCUT2D eigenvalue weighted by molar-refractivity contribution is 5.55. The van der Waals surface area contributed by atoms with Crippen molar-refractivity contribution in [1.82, 2.24) is 0 Å². The third-order valence-electron chi connectivity index (χ3n) is 2.06. The van der Waals surface area contributed by atoms with Crippen LogP contribution in [0.15, 0.2) is 24.3 Å². The molecule has 0 amide bonds. The maximum Gasteiger partial charge on any atom is 0.389 e. The molecule has 1 N–H and O–H groups in total. The molecule has 0 spiro atoms. The van der Waals surface area contributed by atoms with Gasteiger partial charge in [-0.25, -0.2) is 0 Å². The summed E-state index contributed by atoms with van der Waals surface area (Å²) in [4.78, 5) is 0. The van der Waals surface area contributed by atoms with Crippen molar-refractivity contribution in [3.63, 3.8) is 0 Å². The van der Waals surface area contributed by atoms with Crippen LogP contribution in [0.4, 0.5) is 18.9 Å². The Hall–Kier alpha value is -1.39. The maximum atomic E-state index is 11.9. The number of benzene rings is 1. The first-order chi connectivity index (χ1) is 7.53. The van der Waals surface area contributed by atoms with Crippen LogP contribution < -0.4 is 10.1 Å². The van der Waals surface area contributed by atoms with E-state index in [1.165, 1.54) is 7.11 Å². The number of para-hydroxylation sites is 2. The predicted octanol–water partition coefficient (Wildman–Crippen LogP) is 3.45. The van der Waals surface area contributed by atoms with Gasteiger partial charge in [0.05, 0.1) is 12.8 Å². The van der Waals surface area contributed by atoms with Crippen molar-refractivity contribution in [1.29, 1.82) is 0 Å². The summed E-state index contributed by atoms with van der Waals surface area (Å²) in [5.74, 6) is 0.634. The lowest BCUT2D eigenvalue weighted by Gasteiger charge is -2.11. The van der Waals surface area contributed by atoms with Gasteiger partial charge in [0, 0.05) is 13.0 Å². The van der Waals surface area contributed by atoms with Gasteiger partial charge in [0.1, 0.15) is 5.75 Å². The minimum Gasteiger partial charge on any atom is -0.495 e. The Labute approximate surface area is 92.4 Å². The van der Waals surface area contributed by atoms with E-state index in [-0.39, 0.29) is 13.0 Å². The molecule has 0 aromatic heterocycles. The normalized spacial score (nSPS) is 11.2. The highest BCUT2D eigenvalue weighted by Crippen LogP contribution is 2.24. The molecule has 2 nitrogen and oxygen atoms in total. The van der Waals surface area contributed by atoms with E-state index in [0.717, 1.165) is 0 Å². The molecule has 1 aromatic carbocycles. The van der Waals surface area contributed by atoms with Crippen molar-refractivity contribution in [3.8, 4) is 5.75 Å². The van der Waals surface area contributed by atoms with Gasteiger partial charge in [-0.15, -0.1) is 0 Å². The average Bonchev–Trinajstić information content (AvgIpc) is 2.23. The molecular weight excluding hydrogens is 219 g/mol. The van der Waals surface area contributed by atoms with Crippen LogP contribution in [0.2, 0.25) is 0 Å². The first kappa shape index (κ1) is 12.7. The van der Waals surface area contributed by atoms with E-state index in [4.69, 9.17) is 4.74 Å². The molecule has 1 aromatic rings. The number of ether oxygens (including phenoxy) is 1. The van der Waals surface area contributed by atoms with Gasteiger partial charge < -0.3 is 10.1 Å². The Balaban J connectivity index is 2.37. The monoisotopic (exact) mass is 233 g/mol. The second-order valence-corrected chi connectivity index (χ2v) is 3.35. The zero-order valence-electron chi connectivity index (χ0n) is 8.97. The van der Waals surface area contributed by atoms with Gasteiger partial charge in [-0.05, 0) is 18.6 Å². The number of hydrogen-bond acceptors (Lipinski definition) is 2. The van der Waals surface area contributed by atoms with E-state index in [0.29, 0.717) is 11.4 Å². The van der Waals surface area contributed by atoms with E-state index in [1.54, 1.807) is 24.3 Å². The molecule has 5 heteroatoms. The molecule has 16 heavy (non-hydrogen) atoms. The number of rotatable bonds is 5. The molecule has 0 saturated heterocycles. The van der Waals surface area contributed by atoms with Crippen LogP contribution in [0.25, 0.3) is 0 Å². The number of halogens is 3. The lowest BCUT2D eigenvalue weighted by atomic mass is 10.2. The van der Waals surface area contributed by atoms with Crippen molar-refractivity contribution in [3.05, 3.63) is 24.3 Å². The van der Waals surface area contributed by atoms with Crippen molar-refractivity contribution in [2.24, 2.45) is 0 Å². The average molecular weight is 233 g/mol. The molecule has 0 atom stereocenters. The van der Waals surface area contributed by atoms with Crippen LogP contribution in [-0.2, 0) is 0 Å². The molecule has 0 aliphatic carbocycles. The molecule has 1 rings (SSSR count). The van der Waals surface area contributed by atoms with E-state index in [9.17, 15) is 13.2 Å². The maximum absolute atomic E-state index is 11.9. The Morgan fingerprint density at radius 3 is 2.56 bits per heavy atom. The Kier molecular flexibility index (Phi) is 4.46. The van der Waals surface area contributed by atoms with Gasteiger partial charge in [0.2, 0.25) is 0 Å². The summed E-state index contributed by atoms with van der Waals surface area (Å²) >= 11 is 0. The standard InChI is InChI=1S/C11H14F3NO/c1-16-10-6-3-2-5-9(10)15-8-4-7-11(12,13)14/h2-3,5-6,15H,4,7-8H2,1H3. The molecule has 0 bridgehead atoms. The Bertz CT molecular complexity index is 325. The fraction of sp³-hybridized carbons (Fsp3) is 0.455. The minimum absolute atomic E-state index is 0.0571. The first-order valence-electron chi connectivity index (χ1n) is 4.96. The summed E-state index contributed by atoms with van der Waals surface area (Å²) in [6.45, 7) is 0.278. The number of methoxy groups -OCH3 is 1. The van der Waals surface area contributed by atoms with Crippen molar-refractivity contribution >= 4 is 5.69 Å². The minimum atomic E-state index is -4.08. The molecular formula is C11H14F3NO. The van der Waals surface area contributed by atoms with Crippen LogP contribution >= 0.6 is 0 Å². The van der Waals surface area contributed by atoms with Gasteiger partial charge in [-0.1, -0.05) is 12.1 Å². The molecule has 0 aliphatic heterocycles. The topological polar surface area (TPSA) is 21.3 Å². The molecule has 0 heterocycles. The Morgan fingerprint density at radius 1 is 1.25 bits per heavy atom. The molecule has 0 aliphatic rings. The van der Waals surface area contributed by atoms with Crippen molar-refractivity contribution in [2.75, 3.05) is 19.0 Å². The van der Waals surface area contributed by atoms with Crippen LogP contribution in [0, 0.1) is 0 Å². The van der Waals surface area contributed by atoms with Gasteiger partial charge in [-0.2, -0.15) is 13.2 Å². The predicted molar refractivity (Wildman–Crippen MR) is 56.8 cm³/mol. The molecule has 0 radical (unpaired) electrons. The molecule has 0 fully saturated rings. The fourth-order valence-electron chi connectivity index (χ4n) is 1.30. The highest BCUT2D eigenvalue weighted by Gasteiger charge is 2.25. The van der Waals surface area contributed by atoms with E-state index >= 15 is 0 Å². The summed E-state index contributed by atoms with van der Waals surface area (Å²) in [5.41, 5.74) is 0.715. The second-order valence-electron chi connectivity index (χ2n) is 3.35. The number of anilines is 1. The zero-order chi connectivity index (χ0) is 12.0. The quantitative estimate of drug-likeness (QED) is 0.786. The van der Waals surface area contributed by atoms with Gasteiger partial charge >= 0.3 is 6.18 Å². The largest absolute Gasteiger partial charge is 0.495 e. The van der Waals surface area contributed by atoms with E-state index in [1.807, 2.05) is 0 Å². The van der Waals surface area contributed by atoms with Gasteiger partial charge in [-0.3, -0.25) is 0 Å². The SMILES string of the molecule is COc1ccccc1NCCCC(F)(F)F. The lowest BCUT2D eigenvalue weighted by Crippen LogP contribution is -2.11. The van der Waals surface area contributed by atoms with Crippen molar-refractivity contribution < 1.29 is 17.9 Å². The lowest BCUT2D eigenvalue weighted by molar-refractivity contribution is -0.134. The highest BCUT2D eigenvalue weighted by atomic mass is 19.4. The van der Waals surface area contributed by atoms with E-state index < -0.39 is 12.6 Å². The Morgan fingerprint density at radius 2 is 1.94 bits per heavy atom. The third kappa shape index (κ3) is 4.42.